The molecule has 3 aliphatic rings. The van der Waals surface area contributed by atoms with Crippen molar-refractivity contribution in [3.8, 4) is 28.7 Å². The van der Waals surface area contributed by atoms with Crippen LogP contribution < -0.4 is 29.3 Å². The molecule has 0 unspecified atom stereocenters. The van der Waals surface area contributed by atoms with Crippen molar-refractivity contribution in [1.29, 1.82) is 0 Å². The van der Waals surface area contributed by atoms with E-state index in [1.54, 1.807) is 0 Å². The Morgan fingerprint density at radius 1 is 0.480 bits per heavy atom. The molecule has 0 fully saturated rings. The van der Waals surface area contributed by atoms with E-state index in [1.165, 1.54) is 0 Å². The summed E-state index contributed by atoms with van der Waals surface area (Å²) in [6.45, 7) is 20.0. The third-order valence-corrected chi connectivity index (χ3v) is 7.66. The highest BCUT2D eigenvalue weighted by Gasteiger charge is 2.29. The average molecular weight is 670 g/mol. The van der Waals surface area contributed by atoms with E-state index >= 15 is 0 Å². The number of para-hydroxylation sites is 6. The lowest BCUT2D eigenvalue weighted by atomic mass is 10.1. The number of nitrogens with one attached hydrogen (secondary N) is 1. The van der Waals surface area contributed by atoms with Crippen LogP contribution in [0.25, 0.3) is 0 Å². The fourth-order valence-electron chi connectivity index (χ4n) is 5.78. The van der Waals surface area contributed by atoms with Crippen LogP contribution in [0.4, 0.5) is 39.8 Å². The molecule has 1 N–H and O–H groups in total. The predicted molar refractivity (Wildman–Crippen MR) is 213 cm³/mol. The molecule has 8 rings (SSSR count). The molecule has 0 bridgehead atoms. The lowest BCUT2D eigenvalue weighted by molar-refractivity contribution is 0.414. The zero-order valence-corrected chi connectivity index (χ0v) is 31.2. The molecule has 0 saturated heterocycles. The minimum absolute atomic E-state index is 0.751. The van der Waals surface area contributed by atoms with E-state index in [0.717, 1.165) is 80.0 Å². The zero-order valence-electron chi connectivity index (χ0n) is 31.2. The van der Waals surface area contributed by atoms with Crippen LogP contribution in [0.2, 0.25) is 0 Å². The highest BCUT2D eigenvalue weighted by molar-refractivity contribution is 5.89. The number of anilines is 7. The second-order valence-electron chi connectivity index (χ2n) is 10.3. The van der Waals surface area contributed by atoms with Gasteiger partial charge in [0.1, 0.15) is 5.76 Å². The van der Waals surface area contributed by atoms with E-state index in [4.69, 9.17) is 14.2 Å². The first kappa shape index (κ1) is 37.2. The highest BCUT2D eigenvalue weighted by atomic mass is 16.5. The van der Waals surface area contributed by atoms with Crippen LogP contribution in [0.1, 0.15) is 69.2 Å². The van der Waals surface area contributed by atoms with Crippen LogP contribution >= 0.6 is 0 Å². The van der Waals surface area contributed by atoms with Gasteiger partial charge in [-0.25, -0.2) is 0 Å². The number of rotatable bonds is 3. The second kappa shape index (κ2) is 17.7. The SMILES string of the molecule is C/C=C\C1=C(C)Oc2ccccc2N1c1ccc2c(c1)Oc1cc(N3c4ccccc4Oc4ccccc43)ccc1N2.CC.CC.CC.CC. The maximum absolute atomic E-state index is 6.61. The summed E-state index contributed by atoms with van der Waals surface area (Å²) in [6.07, 6.45) is 4.10. The van der Waals surface area contributed by atoms with Gasteiger partial charge in [0.05, 0.1) is 45.5 Å². The van der Waals surface area contributed by atoms with Crippen molar-refractivity contribution in [2.24, 2.45) is 0 Å². The molecule has 6 nitrogen and oxygen atoms in total. The van der Waals surface area contributed by atoms with Crippen LogP contribution in [0.15, 0.2) is 133 Å². The Balaban J connectivity index is 0.000000658. The molecule has 0 aliphatic carbocycles. The Hall–Kier alpha value is -5.62. The Morgan fingerprint density at radius 3 is 1.36 bits per heavy atom. The normalized spacial score (nSPS) is 12.6. The Bertz CT molecular complexity index is 1900. The third-order valence-electron chi connectivity index (χ3n) is 7.66. The maximum Gasteiger partial charge on any atom is 0.153 e. The average Bonchev–Trinajstić information content (AvgIpc) is 3.19. The quantitative estimate of drug-likeness (QED) is 0.202. The summed E-state index contributed by atoms with van der Waals surface area (Å²) in [7, 11) is 0. The van der Waals surface area contributed by atoms with Crippen molar-refractivity contribution >= 4 is 39.8 Å². The molecule has 3 heterocycles. The smallest absolute Gasteiger partial charge is 0.153 e. The van der Waals surface area contributed by atoms with E-state index in [2.05, 4.69) is 75.8 Å². The van der Waals surface area contributed by atoms with E-state index in [9.17, 15) is 0 Å². The van der Waals surface area contributed by atoms with Gasteiger partial charge in [0.25, 0.3) is 0 Å². The molecule has 0 aromatic heterocycles. The van der Waals surface area contributed by atoms with Gasteiger partial charge in [0.2, 0.25) is 0 Å². The first-order chi connectivity index (χ1) is 24.7. The van der Waals surface area contributed by atoms with Crippen LogP contribution in [0.3, 0.4) is 0 Å². The lowest BCUT2D eigenvalue weighted by Crippen LogP contribution is -2.23. The van der Waals surface area contributed by atoms with Crippen molar-refractivity contribution in [2.75, 3.05) is 15.1 Å². The van der Waals surface area contributed by atoms with E-state index in [-0.39, 0.29) is 0 Å². The van der Waals surface area contributed by atoms with Crippen molar-refractivity contribution in [3.05, 3.63) is 133 Å². The number of ether oxygens (including phenoxy) is 3. The summed E-state index contributed by atoms with van der Waals surface area (Å²) in [6, 6.07) is 36.8. The number of nitrogens with zero attached hydrogens (tertiary/aromatic N) is 2. The number of hydrogen-bond donors (Lipinski definition) is 1. The minimum Gasteiger partial charge on any atom is -0.458 e. The molecule has 0 atom stereocenters. The standard InChI is InChI=1S/C36H27N3O3.4C2H6/c1-3-10-28-23(2)40-32-14-7-4-11-29(32)38(28)24-17-19-26-35(21-24)42-36-22-25(18-20-27(36)37-26)39-30-12-5-8-15-33(30)41-34-16-9-6-13-31(34)39;4*1-2/h3-22,37H,1-2H3;4*1-2H3/b10-3-;;;;. The molecule has 3 aliphatic heterocycles. The number of allylic oxidation sites excluding steroid dienone is 3. The predicted octanol–water partition coefficient (Wildman–Crippen LogP) is 14.6. The van der Waals surface area contributed by atoms with Crippen LogP contribution in [-0.2, 0) is 0 Å². The van der Waals surface area contributed by atoms with Gasteiger partial charge in [-0.2, -0.15) is 0 Å². The number of benzene rings is 5. The monoisotopic (exact) mass is 669 g/mol. The summed E-state index contributed by atoms with van der Waals surface area (Å²) in [5, 5.41) is 3.57. The fraction of sp³-hybridized carbons (Fsp3) is 0.227. The van der Waals surface area contributed by atoms with Crippen LogP contribution in [-0.4, -0.2) is 0 Å². The lowest BCUT2D eigenvalue weighted by Gasteiger charge is -2.34. The van der Waals surface area contributed by atoms with Gasteiger partial charge in [0.15, 0.2) is 28.7 Å². The number of hydrogen-bond acceptors (Lipinski definition) is 6. The van der Waals surface area contributed by atoms with Gasteiger partial charge in [-0.15, -0.1) is 0 Å². The van der Waals surface area contributed by atoms with E-state index in [0.29, 0.717) is 0 Å². The molecule has 0 amide bonds. The van der Waals surface area contributed by atoms with Gasteiger partial charge >= 0.3 is 0 Å². The largest absolute Gasteiger partial charge is 0.458 e. The summed E-state index contributed by atoms with van der Waals surface area (Å²) in [5.74, 6) is 4.79. The summed E-state index contributed by atoms with van der Waals surface area (Å²) < 4.78 is 19.0. The fourth-order valence-corrected chi connectivity index (χ4v) is 5.78. The third kappa shape index (κ3) is 7.20. The Labute approximate surface area is 299 Å². The van der Waals surface area contributed by atoms with Crippen LogP contribution in [0, 0.1) is 0 Å². The van der Waals surface area contributed by atoms with Crippen molar-refractivity contribution < 1.29 is 14.2 Å². The summed E-state index contributed by atoms with van der Waals surface area (Å²) in [4.78, 5) is 4.43. The molecule has 260 valence electrons. The molecule has 5 aromatic carbocycles. The molecule has 0 radical (unpaired) electrons. The van der Waals surface area contributed by atoms with Gasteiger partial charge in [-0.1, -0.05) is 97.9 Å². The van der Waals surface area contributed by atoms with Gasteiger partial charge < -0.3 is 29.3 Å². The van der Waals surface area contributed by atoms with E-state index < -0.39 is 0 Å². The molecular formula is C44H51N3O3. The first-order valence-electron chi connectivity index (χ1n) is 18.0. The highest BCUT2D eigenvalue weighted by Crippen LogP contribution is 2.53. The molecule has 6 heteroatoms. The van der Waals surface area contributed by atoms with E-state index in [1.807, 2.05) is 130 Å². The minimum atomic E-state index is 0.751. The number of fused-ring (bicyclic) bond motifs is 5. The van der Waals surface area contributed by atoms with Gasteiger partial charge in [-0.05, 0) is 80.6 Å². The maximum atomic E-state index is 6.61. The van der Waals surface area contributed by atoms with Crippen molar-refractivity contribution in [2.45, 2.75) is 69.2 Å². The molecular weight excluding hydrogens is 619 g/mol. The topological polar surface area (TPSA) is 46.2 Å². The first-order valence-corrected chi connectivity index (χ1v) is 18.0. The molecule has 0 spiro atoms. The molecule has 5 aromatic rings. The second-order valence-corrected chi connectivity index (χ2v) is 10.3. The Morgan fingerprint density at radius 2 is 0.880 bits per heavy atom. The van der Waals surface area contributed by atoms with Gasteiger partial charge in [0, 0.05) is 12.1 Å². The summed E-state index contributed by atoms with van der Waals surface area (Å²) in [5.41, 5.74) is 7.70. The van der Waals surface area contributed by atoms with Crippen molar-refractivity contribution in [3.63, 3.8) is 0 Å². The zero-order chi connectivity index (χ0) is 36.2. The van der Waals surface area contributed by atoms with Gasteiger partial charge in [-0.3, -0.25) is 0 Å². The Kier molecular flexibility index (Phi) is 13.2. The van der Waals surface area contributed by atoms with Crippen LogP contribution in [0.5, 0.6) is 28.7 Å². The summed E-state index contributed by atoms with van der Waals surface area (Å²) >= 11 is 0. The van der Waals surface area contributed by atoms with Crippen molar-refractivity contribution in [1.82, 2.24) is 0 Å². The molecule has 0 saturated carbocycles. The molecule has 50 heavy (non-hydrogen) atoms.